The molecule has 1 fully saturated rings. The minimum Gasteiger partial charge on any atom is -0.454 e. The molecule has 1 atom stereocenters. The second-order valence-electron chi connectivity index (χ2n) is 8.08. The van der Waals surface area contributed by atoms with Crippen molar-refractivity contribution in [1.29, 1.82) is 0 Å². The van der Waals surface area contributed by atoms with Crippen LogP contribution in [-0.4, -0.2) is 58.8 Å². The molecule has 0 aliphatic carbocycles. The Kier molecular flexibility index (Phi) is 5.64. The van der Waals surface area contributed by atoms with Gasteiger partial charge in [-0.3, -0.25) is 9.69 Å². The molecule has 5 rings (SSSR count). The van der Waals surface area contributed by atoms with Crippen molar-refractivity contribution in [3.05, 3.63) is 59.5 Å². The summed E-state index contributed by atoms with van der Waals surface area (Å²) in [5.41, 5.74) is -0.0700. The summed E-state index contributed by atoms with van der Waals surface area (Å²) in [7, 11) is 0. The number of benzene rings is 2. The van der Waals surface area contributed by atoms with Crippen molar-refractivity contribution in [1.82, 2.24) is 19.9 Å². The number of rotatable bonds is 4. The molecule has 2 aliphatic rings. The van der Waals surface area contributed by atoms with Gasteiger partial charge in [0, 0.05) is 31.7 Å². The zero-order chi connectivity index (χ0) is 23.9. The minimum absolute atomic E-state index is 0.0948. The molecule has 3 aromatic rings. The van der Waals surface area contributed by atoms with Crippen LogP contribution in [0.25, 0.3) is 11.4 Å². The Morgan fingerprint density at radius 2 is 1.82 bits per heavy atom. The fraction of sp³-hybridized carbons (Fsp3) is 0.348. The first-order valence-corrected chi connectivity index (χ1v) is 10.7. The third-order valence-corrected chi connectivity index (χ3v) is 6.02. The van der Waals surface area contributed by atoms with E-state index in [2.05, 4.69) is 15.0 Å². The monoisotopic (exact) mass is 474 g/mol. The molecular weight excluding hydrogens is 453 g/mol. The Morgan fingerprint density at radius 3 is 2.59 bits per heavy atom. The smallest absolute Gasteiger partial charge is 0.416 e. The van der Waals surface area contributed by atoms with Crippen LogP contribution in [0.5, 0.6) is 11.5 Å². The van der Waals surface area contributed by atoms with E-state index in [1.54, 1.807) is 23.1 Å². The van der Waals surface area contributed by atoms with Gasteiger partial charge in [0.25, 0.3) is 5.91 Å². The fourth-order valence-electron chi connectivity index (χ4n) is 4.09. The lowest BCUT2D eigenvalue weighted by Crippen LogP contribution is -2.49. The second-order valence-corrected chi connectivity index (χ2v) is 8.08. The highest BCUT2D eigenvalue weighted by atomic mass is 19.4. The number of nitrogens with zero attached hydrogens (tertiary/aromatic N) is 4. The van der Waals surface area contributed by atoms with Crippen LogP contribution in [0.15, 0.2) is 47.0 Å². The first kappa shape index (κ1) is 22.2. The molecule has 1 aromatic heterocycles. The number of piperazine rings is 1. The Balaban J connectivity index is 1.24. The van der Waals surface area contributed by atoms with Gasteiger partial charge in [-0.2, -0.15) is 18.2 Å². The van der Waals surface area contributed by atoms with E-state index in [9.17, 15) is 18.0 Å². The van der Waals surface area contributed by atoms with E-state index in [0.717, 1.165) is 12.1 Å². The number of para-hydroxylation sites is 1. The van der Waals surface area contributed by atoms with Gasteiger partial charge in [-0.15, -0.1) is 0 Å². The molecule has 11 heteroatoms. The largest absolute Gasteiger partial charge is 0.454 e. The summed E-state index contributed by atoms with van der Waals surface area (Å²) in [5, 5.41) is 3.87. The van der Waals surface area contributed by atoms with Crippen molar-refractivity contribution >= 4 is 5.91 Å². The minimum atomic E-state index is -4.45. The second kappa shape index (κ2) is 8.64. The summed E-state index contributed by atoms with van der Waals surface area (Å²) in [5.74, 6) is 1.31. The first-order valence-electron chi connectivity index (χ1n) is 10.7. The molecule has 1 amide bonds. The van der Waals surface area contributed by atoms with Crippen LogP contribution in [0.3, 0.4) is 0 Å². The Labute approximate surface area is 192 Å². The van der Waals surface area contributed by atoms with Crippen molar-refractivity contribution in [2.24, 2.45) is 0 Å². The third kappa shape index (κ3) is 4.18. The average Bonchev–Trinajstić information content (AvgIpc) is 3.53. The molecule has 178 valence electrons. The summed E-state index contributed by atoms with van der Waals surface area (Å²) in [6.07, 6.45) is -4.45. The molecule has 2 aliphatic heterocycles. The number of alkyl halides is 3. The van der Waals surface area contributed by atoms with E-state index in [0.29, 0.717) is 49.1 Å². The van der Waals surface area contributed by atoms with E-state index in [1.807, 2.05) is 6.92 Å². The van der Waals surface area contributed by atoms with Gasteiger partial charge in [0.15, 0.2) is 11.5 Å². The number of carbonyl (C=O) groups excluding carboxylic acids is 1. The molecule has 8 nitrogen and oxygen atoms in total. The van der Waals surface area contributed by atoms with E-state index in [1.165, 1.54) is 12.1 Å². The molecule has 0 saturated carbocycles. The molecular formula is C23H21F3N4O4. The highest BCUT2D eigenvalue weighted by Gasteiger charge is 2.32. The zero-order valence-electron chi connectivity index (χ0n) is 18.2. The van der Waals surface area contributed by atoms with Crippen molar-refractivity contribution in [2.75, 3.05) is 33.0 Å². The maximum absolute atomic E-state index is 13.0. The summed E-state index contributed by atoms with van der Waals surface area (Å²) >= 11 is 0. The van der Waals surface area contributed by atoms with E-state index in [4.69, 9.17) is 14.0 Å². The van der Waals surface area contributed by atoms with Crippen LogP contribution in [0, 0.1) is 0 Å². The number of carbonyl (C=O) groups is 1. The van der Waals surface area contributed by atoms with Gasteiger partial charge in [-0.25, -0.2) is 0 Å². The quantitative estimate of drug-likeness (QED) is 0.565. The Bertz CT molecular complexity index is 1200. The molecule has 1 unspecified atom stereocenters. The zero-order valence-corrected chi connectivity index (χ0v) is 18.2. The Hall–Kier alpha value is -3.60. The molecule has 2 aromatic carbocycles. The van der Waals surface area contributed by atoms with Crippen LogP contribution in [0.4, 0.5) is 13.2 Å². The maximum atomic E-state index is 13.0. The number of amides is 1. The van der Waals surface area contributed by atoms with Gasteiger partial charge >= 0.3 is 6.18 Å². The summed E-state index contributed by atoms with van der Waals surface area (Å²) in [6.45, 7) is 4.10. The molecule has 3 heterocycles. The molecule has 0 N–H and O–H groups in total. The number of ether oxygens (including phenoxy) is 2. The molecule has 0 spiro atoms. The number of hydrogen-bond acceptors (Lipinski definition) is 7. The highest BCUT2D eigenvalue weighted by molar-refractivity contribution is 5.98. The molecule has 1 saturated heterocycles. The Morgan fingerprint density at radius 1 is 1.06 bits per heavy atom. The van der Waals surface area contributed by atoms with Crippen LogP contribution in [0.2, 0.25) is 0 Å². The van der Waals surface area contributed by atoms with Crippen LogP contribution in [-0.2, 0) is 6.18 Å². The van der Waals surface area contributed by atoms with E-state index >= 15 is 0 Å². The summed E-state index contributed by atoms with van der Waals surface area (Å²) < 4.78 is 55.2. The summed E-state index contributed by atoms with van der Waals surface area (Å²) in [6, 6.07) is 9.80. The number of fused-ring (bicyclic) bond motifs is 1. The van der Waals surface area contributed by atoms with Crippen molar-refractivity contribution < 1.29 is 32.0 Å². The van der Waals surface area contributed by atoms with E-state index < -0.39 is 11.7 Å². The average molecular weight is 474 g/mol. The van der Waals surface area contributed by atoms with Crippen LogP contribution >= 0.6 is 0 Å². The lowest BCUT2D eigenvalue weighted by Gasteiger charge is -2.36. The molecule has 0 radical (unpaired) electrons. The molecule has 34 heavy (non-hydrogen) atoms. The van der Waals surface area contributed by atoms with Crippen molar-refractivity contribution in [3.63, 3.8) is 0 Å². The topological polar surface area (TPSA) is 80.9 Å². The van der Waals surface area contributed by atoms with Gasteiger partial charge < -0.3 is 18.9 Å². The standard InChI is InChI=1S/C23H21F3N4O4/c1-14(21-27-20(28-34-21)15-4-2-5-16(12-15)23(24,25)26)29-8-10-30(11-9-29)22(31)17-6-3-7-18-19(17)33-13-32-18/h2-7,12,14H,8-11,13H2,1H3. The fourth-order valence-corrected chi connectivity index (χ4v) is 4.09. The first-order chi connectivity index (χ1) is 16.3. The predicted octanol–water partition coefficient (Wildman–Crippen LogP) is 4.00. The SMILES string of the molecule is CC(c1nc(-c2cccc(C(F)(F)F)c2)no1)N1CCN(C(=O)c2cccc3c2OCO3)CC1. The van der Waals surface area contributed by atoms with Crippen LogP contribution < -0.4 is 9.47 Å². The van der Waals surface area contributed by atoms with Gasteiger partial charge in [0.2, 0.25) is 18.5 Å². The van der Waals surface area contributed by atoms with Crippen molar-refractivity contribution in [3.8, 4) is 22.9 Å². The number of aromatic nitrogens is 2. The van der Waals surface area contributed by atoms with Crippen molar-refractivity contribution in [2.45, 2.75) is 19.1 Å². The van der Waals surface area contributed by atoms with Gasteiger partial charge in [-0.1, -0.05) is 23.4 Å². The number of hydrogen-bond donors (Lipinski definition) is 0. The lowest BCUT2D eigenvalue weighted by atomic mass is 10.1. The predicted molar refractivity (Wildman–Crippen MR) is 113 cm³/mol. The number of halogens is 3. The van der Waals surface area contributed by atoms with E-state index in [-0.39, 0.29) is 30.1 Å². The normalized spacial score (nSPS) is 17.1. The third-order valence-electron chi connectivity index (χ3n) is 6.02. The maximum Gasteiger partial charge on any atom is 0.416 e. The molecule has 0 bridgehead atoms. The summed E-state index contributed by atoms with van der Waals surface area (Å²) in [4.78, 5) is 21.2. The lowest BCUT2D eigenvalue weighted by molar-refractivity contribution is -0.137. The van der Waals surface area contributed by atoms with Crippen LogP contribution in [0.1, 0.15) is 34.8 Å². The van der Waals surface area contributed by atoms with Gasteiger partial charge in [-0.05, 0) is 31.2 Å². The highest BCUT2D eigenvalue weighted by Crippen LogP contribution is 2.36. The van der Waals surface area contributed by atoms with Gasteiger partial charge in [0.1, 0.15) is 0 Å². The van der Waals surface area contributed by atoms with Gasteiger partial charge in [0.05, 0.1) is 17.2 Å².